The van der Waals surface area contributed by atoms with Crippen LogP contribution >= 0.6 is 27.5 Å². The highest BCUT2D eigenvalue weighted by molar-refractivity contribution is 9.10. The Morgan fingerprint density at radius 2 is 2.20 bits per heavy atom. The molecule has 2 heterocycles. The molecular formula is C11H6BrClN4O3. The summed E-state index contributed by atoms with van der Waals surface area (Å²) in [7, 11) is 0. The molecule has 102 valence electrons. The van der Waals surface area contributed by atoms with Crippen LogP contribution in [0.3, 0.4) is 0 Å². The predicted molar refractivity (Wildman–Crippen MR) is 75.8 cm³/mol. The van der Waals surface area contributed by atoms with Crippen molar-refractivity contribution in [3.63, 3.8) is 0 Å². The molecule has 0 unspecified atom stereocenters. The first-order valence-electron chi connectivity index (χ1n) is 5.20. The van der Waals surface area contributed by atoms with Crippen molar-refractivity contribution in [1.29, 1.82) is 0 Å². The quantitative estimate of drug-likeness (QED) is 0.517. The first-order valence-corrected chi connectivity index (χ1v) is 6.37. The molecule has 0 aliphatic carbocycles. The van der Waals surface area contributed by atoms with Gasteiger partial charge in [0.15, 0.2) is 0 Å². The molecule has 7 nitrogen and oxygen atoms in total. The van der Waals surface area contributed by atoms with E-state index in [9.17, 15) is 14.9 Å². The van der Waals surface area contributed by atoms with E-state index in [-0.39, 0.29) is 10.7 Å². The highest BCUT2D eigenvalue weighted by Gasteiger charge is 2.22. The van der Waals surface area contributed by atoms with Gasteiger partial charge in [-0.1, -0.05) is 11.6 Å². The van der Waals surface area contributed by atoms with Gasteiger partial charge in [-0.2, -0.15) is 0 Å². The number of nitrogens with zero attached hydrogens (tertiary/aromatic N) is 3. The van der Waals surface area contributed by atoms with Gasteiger partial charge in [-0.3, -0.25) is 19.9 Å². The van der Waals surface area contributed by atoms with Gasteiger partial charge in [0.05, 0.1) is 15.1 Å². The first kappa shape index (κ1) is 14.4. The molecule has 0 fully saturated rings. The van der Waals surface area contributed by atoms with E-state index >= 15 is 0 Å². The molecule has 9 heteroatoms. The Bertz CT molecular complexity index is 695. The average Bonchev–Trinajstić information content (AvgIpc) is 2.40. The first-order chi connectivity index (χ1) is 9.49. The van der Waals surface area contributed by atoms with Crippen molar-refractivity contribution in [1.82, 2.24) is 9.97 Å². The van der Waals surface area contributed by atoms with E-state index < -0.39 is 16.5 Å². The Balaban J connectivity index is 2.37. The van der Waals surface area contributed by atoms with Crippen LogP contribution in [-0.2, 0) is 0 Å². The van der Waals surface area contributed by atoms with Crippen LogP contribution < -0.4 is 5.32 Å². The zero-order chi connectivity index (χ0) is 14.7. The maximum atomic E-state index is 12.1. The van der Waals surface area contributed by atoms with Crippen molar-refractivity contribution in [3.8, 4) is 0 Å². The van der Waals surface area contributed by atoms with Crippen molar-refractivity contribution >= 4 is 44.8 Å². The number of hydrogen-bond donors (Lipinski definition) is 1. The summed E-state index contributed by atoms with van der Waals surface area (Å²) in [5, 5.41) is 13.4. The number of aromatic nitrogens is 2. The van der Waals surface area contributed by atoms with Gasteiger partial charge in [0.25, 0.3) is 11.6 Å². The van der Waals surface area contributed by atoms with Gasteiger partial charge in [0, 0.05) is 12.4 Å². The molecule has 20 heavy (non-hydrogen) atoms. The summed E-state index contributed by atoms with van der Waals surface area (Å²) >= 11 is 8.88. The standard InChI is InChI=1S/C11H6BrClN4O3/c12-7-4-14-2-1-8(7)16-11(18)6-3-10(13)15-5-9(6)17(19)20/h1-5H,(H,14,16,18). The summed E-state index contributed by atoms with van der Waals surface area (Å²) in [5.74, 6) is -0.659. The number of amides is 1. The third-order valence-electron chi connectivity index (χ3n) is 2.31. The molecule has 0 saturated heterocycles. The molecule has 0 aliphatic heterocycles. The van der Waals surface area contributed by atoms with Crippen molar-refractivity contribution in [2.75, 3.05) is 5.32 Å². The van der Waals surface area contributed by atoms with Crippen LogP contribution in [0, 0.1) is 10.1 Å². The lowest BCUT2D eigenvalue weighted by Crippen LogP contribution is -2.14. The fourth-order valence-electron chi connectivity index (χ4n) is 1.42. The molecule has 1 N–H and O–H groups in total. The van der Waals surface area contributed by atoms with Gasteiger partial charge in [-0.05, 0) is 28.1 Å². The lowest BCUT2D eigenvalue weighted by Gasteiger charge is -2.07. The Hall–Kier alpha value is -2.06. The molecule has 2 aromatic heterocycles. The molecule has 0 bridgehead atoms. The summed E-state index contributed by atoms with van der Waals surface area (Å²) in [6.45, 7) is 0. The van der Waals surface area contributed by atoms with Crippen LogP contribution in [0.1, 0.15) is 10.4 Å². The van der Waals surface area contributed by atoms with E-state index in [0.717, 1.165) is 12.3 Å². The van der Waals surface area contributed by atoms with E-state index in [0.29, 0.717) is 10.2 Å². The number of pyridine rings is 2. The minimum Gasteiger partial charge on any atom is -0.321 e. The van der Waals surface area contributed by atoms with E-state index in [1.165, 1.54) is 12.4 Å². The van der Waals surface area contributed by atoms with E-state index in [4.69, 9.17) is 11.6 Å². The fraction of sp³-hybridized carbons (Fsp3) is 0. The number of hydrogen-bond acceptors (Lipinski definition) is 5. The van der Waals surface area contributed by atoms with Crippen LogP contribution in [0.25, 0.3) is 0 Å². The lowest BCUT2D eigenvalue weighted by atomic mass is 10.2. The van der Waals surface area contributed by atoms with E-state index in [2.05, 4.69) is 31.2 Å². The number of nitrogens with one attached hydrogen (secondary N) is 1. The fourth-order valence-corrected chi connectivity index (χ4v) is 1.92. The molecule has 0 spiro atoms. The molecule has 0 radical (unpaired) electrons. The molecule has 2 rings (SSSR count). The molecule has 0 atom stereocenters. The zero-order valence-corrected chi connectivity index (χ0v) is 12.1. The van der Waals surface area contributed by atoms with Crippen LogP contribution in [0.4, 0.5) is 11.4 Å². The summed E-state index contributed by atoms with van der Waals surface area (Å²) in [6.07, 6.45) is 3.91. The van der Waals surface area contributed by atoms with Gasteiger partial charge < -0.3 is 5.32 Å². The topological polar surface area (TPSA) is 98.0 Å². The third-order valence-corrected chi connectivity index (χ3v) is 3.15. The third kappa shape index (κ3) is 3.09. The number of rotatable bonds is 3. The monoisotopic (exact) mass is 356 g/mol. The Kier molecular flexibility index (Phi) is 4.26. The second kappa shape index (κ2) is 5.93. The summed E-state index contributed by atoms with van der Waals surface area (Å²) in [6, 6.07) is 2.70. The molecule has 0 aromatic carbocycles. The van der Waals surface area contributed by atoms with Gasteiger partial charge in [-0.25, -0.2) is 4.98 Å². The number of carbonyl (C=O) groups is 1. The van der Waals surface area contributed by atoms with Crippen molar-refractivity contribution in [3.05, 3.63) is 56.0 Å². The smallest absolute Gasteiger partial charge is 0.300 e. The number of halogens is 2. The maximum absolute atomic E-state index is 12.1. The van der Waals surface area contributed by atoms with Gasteiger partial charge in [0.1, 0.15) is 16.9 Å². The largest absolute Gasteiger partial charge is 0.321 e. The minimum atomic E-state index is -0.695. The van der Waals surface area contributed by atoms with Crippen LogP contribution in [0.5, 0.6) is 0 Å². The van der Waals surface area contributed by atoms with Crippen molar-refractivity contribution in [2.45, 2.75) is 0 Å². The van der Waals surface area contributed by atoms with Crippen LogP contribution in [0.2, 0.25) is 5.15 Å². The molecule has 0 aliphatic rings. The molecule has 1 amide bonds. The Morgan fingerprint density at radius 1 is 1.45 bits per heavy atom. The van der Waals surface area contributed by atoms with Crippen LogP contribution in [0.15, 0.2) is 35.2 Å². The van der Waals surface area contributed by atoms with Gasteiger partial charge in [0.2, 0.25) is 0 Å². The van der Waals surface area contributed by atoms with Crippen molar-refractivity contribution in [2.24, 2.45) is 0 Å². The Morgan fingerprint density at radius 3 is 2.85 bits per heavy atom. The number of carbonyl (C=O) groups excluding carboxylic acids is 1. The maximum Gasteiger partial charge on any atom is 0.300 e. The Labute approximate surface area is 126 Å². The normalized spacial score (nSPS) is 10.1. The second-order valence-corrected chi connectivity index (χ2v) is 4.83. The number of nitro groups is 1. The summed E-state index contributed by atoms with van der Waals surface area (Å²) < 4.78 is 0.552. The SMILES string of the molecule is O=C(Nc1ccncc1Br)c1cc(Cl)ncc1[N+](=O)[O-]. The average molecular weight is 358 g/mol. The van der Waals surface area contributed by atoms with E-state index in [1.807, 2.05) is 0 Å². The predicted octanol–water partition coefficient (Wildman–Crippen LogP) is 3.05. The van der Waals surface area contributed by atoms with Crippen molar-refractivity contribution < 1.29 is 9.72 Å². The zero-order valence-electron chi connectivity index (χ0n) is 9.71. The van der Waals surface area contributed by atoms with Crippen LogP contribution in [-0.4, -0.2) is 20.8 Å². The minimum absolute atomic E-state index is 0.00505. The van der Waals surface area contributed by atoms with Gasteiger partial charge >= 0.3 is 0 Å². The highest BCUT2D eigenvalue weighted by Crippen LogP contribution is 2.24. The molecule has 0 saturated carbocycles. The second-order valence-electron chi connectivity index (χ2n) is 3.59. The lowest BCUT2D eigenvalue weighted by molar-refractivity contribution is -0.385. The molecule has 2 aromatic rings. The van der Waals surface area contributed by atoms with Gasteiger partial charge in [-0.15, -0.1) is 0 Å². The van der Waals surface area contributed by atoms with E-state index in [1.54, 1.807) is 6.07 Å². The number of anilines is 1. The summed E-state index contributed by atoms with van der Waals surface area (Å²) in [4.78, 5) is 29.7. The molecular weight excluding hydrogens is 352 g/mol. The highest BCUT2D eigenvalue weighted by atomic mass is 79.9. The summed E-state index contributed by atoms with van der Waals surface area (Å²) in [5.41, 5.74) is -0.150.